The van der Waals surface area contributed by atoms with E-state index in [-0.39, 0.29) is 30.5 Å². The molecule has 1 aromatic heterocycles. The number of amides is 2. The molecule has 1 fully saturated rings. The Labute approximate surface area is 138 Å². The second-order valence-electron chi connectivity index (χ2n) is 5.98. The van der Waals surface area contributed by atoms with Gasteiger partial charge in [-0.05, 0) is 19.1 Å². The third-order valence-corrected chi connectivity index (χ3v) is 4.07. The van der Waals surface area contributed by atoms with E-state index in [0.717, 1.165) is 0 Å². The highest BCUT2D eigenvalue weighted by molar-refractivity contribution is 6.00. The topological polar surface area (TPSA) is 66.7 Å². The molecule has 0 aliphatic carbocycles. The molecular weight excluding hydrogens is 313 g/mol. The molecule has 2 aromatic rings. The largest absolute Gasteiger partial charge is 0.361 e. The number of aryl methyl sites for hydroxylation is 1. The number of anilines is 1. The van der Waals surface area contributed by atoms with Crippen molar-refractivity contribution in [3.8, 4) is 0 Å². The quantitative estimate of drug-likeness (QED) is 0.861. The standard InChI is InChI=1S/C17H18FN3O3/c1-11-7-13(19-24-11)10-20(2)17(23)12-8-16(22)21(9-12)15-6-4-3-5-14(15)18/h3-7,12H,8-10H2,1-2H3/t12-/m1/s1. The maximum Gasteiger partial charge on any atom is 0.228 e. The summed E-state index contributed by atoms with van der Waals surface area (Å²) in [6, 6.07) is 7.84. The molecule has 1 aliphatic rings. The number of halogens is 1. The maximum absolute atomic E-state index is 13.9. The number of benzene rings is 1. The first-order valence-corrected chi connectivity index (χ1v) is 7.68. The minimum atomic E-state index is -0.491. The third kappa shape index (κ3) is 3.15. The highest BCUT2D eigenvalue weighted by Gasteiger charge is 2.37. The molecule has 1 saturated heterocycles. The molecule has 24 heavy (non-hydrogen) atoms. The Hall–Kier alpha value is -2.70. The van der Waals surface area contributed by atoms with E-state index >= 15 is 0 Å². The van der Waals surface area contributed by atoms with Gasteiger partial charge < -0.3 is 14.3 Å². The molecule has 1 atom stereocenters. The average Bonchev–Trinajstić information content (AvgIpc) is 3.13. The Morgan fingerprint density at radius 3 is 2.88 bits per heavy atom. The predicted octanol–water partition coefficient (Wildman–Crippen LogP) is 2.13. The highest BCUT2D eigenvalue weighted by Crippen LogP contribution is 2.28. The zero-order valence-corrected chi connectivity index (χ0v) is 13.5. The van der Waals surface area contributed by atoms with E-state index in [1.54, 1.807) is 38.2 Å². The SMILES string of the molecule is Cc1cc(CN(C)C(=O)[C@@H]2CC(=O)N(c3ccccc3F)C2)no1. The summed E-state index contributed by atoms with van der Waals surface area (Å²) in [5, 5.41) is 3.86. The summed E-state index contributed by atoms with van der Waals surface area (Å²) in [5.74, 6) is -0.694. The average molecular weight is 331 g/mol. The van der Waals surface area contributed by atoms with E-state index in [0.29, 0.717) is 18.0 Å². The first-order valence-electron chi connectivity index (χ1n) is 7.68. The van der Waals surface area contributed by atoms with Crippen molar-refractivity contribution in [2.24, 2.45) is 5.92 Å². The van der Waals surface area contributed by atoms with E-state index in [1.807, 2.05) is 0 Å². The van der Waals surface area contributed by atoms with Crippen LogP contribution in [0.3, 0.4) is 0 Å². The second-order valence-corrected chi connectivity index (χ2v) is 5.98. The van der Waals surface area contributed by atoms with Crippen LogP contribution in [-0.4, -0.2) is 35.5 Å². The van der Waals surface area contributed by atoms with Crippen LogP contribution in [-0.2, 0) is 16.1 Å². The molecule has 0 saturated carbocycles. The molecule has 0 spiro atoms. The summed E-state index contributed by atoms with van der Waals surface area (Å²) in [6.45, 7) is 2.27. The Balaban J connectivity index is 1.68. The number of nitrogens with zero attached hydrogens (tertiary/aromatic N) is 3. The predicted molar refractivity (Wildman–Crippen MR) is 84.6 cm³/mol. The van der Waals surface area contributed by atoms with Crippen LogP contribution < -0.4 is 4.90 Å². The number of aromatic nitrogens is 1. The van der Waals surface area contributed by atoms with E-state index in [9.17, 15) is 14.0 Å². The van der Waals surface area contributed by atoms with Crippen LogP contribution in [0.25, 0.3) is 0 Å². The fraction of sp³-hybridized carbons (Fsp3) is 0.353. The van der Waals surface area contributed by atoms with Crippen molar-refractivity contribution in [3.05, 3.63) is 47.6 Å². The first kappa shape index (κ1) is 16.2. The summed E-state index contributed by atoms with van der Waals surface area (Å²) in [5.41, 5.74) is 0.867. The minimum Gasteiger partial charge on any atom is -0.361 e. The molecule has 1 aliphatic heterocycles. The van der Waals surface area contributed by atoms with Crippen molar-refractivity contribution in [1.29, 1.82) is 0 Å². The fourth-order valence-corrected chi connectivity index (χ4v) is 2.90. The molecule has 0 bridgehead atoms. The normalized spacial score (nSPS) is 17.4. The van der Waals surface area contributed by atoms with Gasteiger partial charge in [-0.25, -0.2) is 4.39 Å². The minimum absolute atomic E-state index is 0.0787. The summed E-state index contributed by atoms with van der Waals surface area (Å²) >= 11 is 0. The van der Waals surface area contributed by atoms with Gasteiger partial charge in [0.1, 0.15) is 17.3 Å². The molecule has 0 unspecified atom stereocenters. The van der Waals surface area contributed by atoms with E-state index in [2.05, 4.69) is 5.16 Å². The van der Waals surface area contributed by atoms with Crippen LogP contribution in [0.4, 0.5) is 10.1 Å². The molecule has 2 heterocycles. The van der Waals surface area contributed by atoms with Gasteiger partial charge in [-0.15, -0.1) is 0 Å². The highest BCUT2D eigenvalue weighted by atomic mass is 19.1. The molecule has 0 N–H and O–H groups in total. The van der Waals surface area contributed by atoms with Crippen LogP contribution in [0.15, 0.2) is 34.9 Å². The Bertz CT molecular complexity index is 774. The van der Waals surface area contributed by atoms with Gasteiger partial charge in [0, 0.05) is 26.1 Å². The van der Waals surface area contributed by atoms with Gasteiger partial charge in [0.05, 0.1) is 18.2 Å². The van der Waals surface area contributed by atoms with E-state index in [4.69, 9.17) is 4.52 Å². The molecule has 0 radical (unpaired) electrons. The van der Waals surface area contributed by atoms with Crippen LogP contribution in [0.1, 0.15) is 17.9 Å². The van der Waals surface area contributed by atoms with Crippen molar-refractivity contribution < 1.29 is 18.5 Å². The summed E-state index contributed by atoms with van der Waals surface area (Å²) < 4.78 is 18.9. The Morgan fingerprint density at radius 1 is 1.46 bits per heavy atom. The monoisotopic (exact) mass is 331 g/mol. The van der Waals surface area contributed by atoms with Crippen molar-refractivity contribution in [3.63, 3.8) is 0 Å². The molecule has 2 amide bonds. The van der Waals surface area contributed by atoms with Gasteiger partial charge in [-0.3, -0.25) is 9.59 Å². The lowest BCUT2D eigenvalue weighted by Crippen LogP contribution is -2.34. The summed E-state index contributed by atoms with van der Waals surface area (Å²) in [7, 11) is 1.66. The number of carbonyl (C=O) groups excluding carboxylic acids is 2. The molecule has 6 nitrogen and oxygen atoms in total. The number of hydrogen-bond donors (Lipinski definition) is 0. The molecule has 3 rings (SSSR count). The van der Waals surface area contributed by atoms with Gasteiger partial charge in [0.2, 0.25) is 11.8 Å². The number of para-hydroxylation sites is 1. The molecule has 7 heteroatoms. The van der Waals surface area contributed by atoms with Crippen LogP contribution in [0.5, 0.6) is 0 Å². The van der Waals surface area contributed by atoms with Gasteiger partial charge in [0.15, 0.2) is 0 Å². The van der Waals surface area contributed by atoms with Crippen molar-refractivity contribution >= 4 is 17.5 Å². The molecule has 126 valence electrons. The van der Waals surface area contributed by atoms with Crippen molar-refractivity contribution in [1.82, 2.24) is 10.1 Å². The van der Waals surface area contributed by atoms with Gasteiger partial charge in [-0.1, -0.05) is 17.3 Å². The van der Waals surface area contributed by atoms with Gasteiger partial charge in [-0.2, -0.15) is 0 Å². The van der Waals surface area contributed by atoms with Crippen molar-refractivity contribution in [2.45, 2.75) is 19.9 Å². The lowest BCUT2D eigenvalue weighted by molar-refractivity contribution is -0.135. The second kappa shape index (κ2) is 6.43. The third-order valence-electron chi connectivity index (χ3n) is 4.07. The van der Waals surface area contributed by atoms with Crippen molar-refractivity contribution in [2.75, 3.05) is 18.5 Å². The lowest BCUT2D eigenvalue weighted by atomic mass is 10.1. The Morgan fingerprint density at radius 2 is 2.21 bits per heavy atom. The zero-order valence-electron chi connectivity index (χ0n) is 13.5. The smallest absolute Gasteiger partial charge is 0.228 e. The van der Waals surface area contributed by atoms with E-state index in [1.165, 1.54) is 15.9 Å². The Kier molecular flexibility index (Phi) is 4.33. The molecular formula is C17H18FN3O3. The first-order chi connectivity index (χ1) is 11.5. The van der Waals surface area contributed by atoms with Crippen LogP contribution in [0.2, 0.25) is 0 Å². The number of rotatable bonds is 4. The number of carbonyl (C=O) groups is 2. The fourth-order valence-electron chi connectivity index (χ4n) is 2.90. The summed E-state index contributed by atoms with van der Waals surface area (Å²) in [6.07, 6.45) is 0.0787. The zero-order chi connectivity index (χ0) is 17.3. The number of hydrogen-bond acceptors (Lipinski definition) is 4. The molecule has 1 aromatic carbocycles. The lowest BCUT2D eigenvalue weighted by Gasteiger charge is -2.20. The summed E-state index contributed by atoms with van der Waals surface area (Å²) in [4.78, 5) is 27.6. The van der Waals surface area contributed by atoms with Crippen LogP contribution in [0, 0.1) is 18.7 Å². The van der Waals surface area contributed by atoms with Crippen LogP contribution >= 0.6 is 0 Å². The van der Waals surface area contributed by atoms with E-state index < -0.39 is 11.7 Å². The van der Waals surface area contributed by atoms with Gasteiger partial charge >= 0.3 is 0 Å². The van der Waals surface area contributed by atoms with Gasteiger partial charge in [0.25, 0.3) is 0 Å². The maximum atomic E-state index is 13.9.